The molecule has 2 unspecified atom stereocenters. The first kappa shape index (κ1) is 11.6. The van der Waals surface area contributed by atoms with Crippen LogP contribution in [0.4, 0.5) is 4.39 Å². The second kappa shape index (κ2) is 4.84. The molecule has 2 atom stereocenters. The van der Waals surface area contributed by atoms with E-state index < -0.39 is 23.8 Å². The Labute approximate surface area is 86.7 Å². The van der Waals surface area contributed by atoms with Gasteiger partial charge >= 0.3 is 5.97 Å². The average molecular weight is 213 g/mol. The maximum Gasteiger partial charge on any atom is 0.335 e. The third-order valence-electron chi connectivity index (χ3n) is 2.13. The van der Waals surface area contributed by atoms with E-state index in [1.165, 1.54) is 19.2 Å². The molecule has 0 fully saturated rings. The van der Waals surface area contributed by atoms with Gasteiger partial charge in [0.15, 0.2) is 6.10 Å². The molecular formula is C10H12FNO3. The summed E-state index contributed by atoms with van der Waals surface area (Å²) in [6, 6.07) is 2.65. The summed E-state index contributed by atoms with van der Waals surface area (Å²) in [6.07, 6.45) is -0.247. The fraction of sp³-hybridized carbons (Fsp3) is 0.400. The monoisotopic (exact) mass is 213 g/mol. The van der Waals surface area contributed by atoms with Crippen molar-refractivity contribution >= 4 is 5.97 Å². The topological polar surface area (TPSA) is 59.4 Å². The summed E-state index contributed by atoms with van der Waals surface area (Å²) in [4.78, 5) is 14.8. The van der Waals surface area contributed by atoms with Gasteiger partial charge in [0.2, 0.25) is 0 Å². The number of carbonyl (C=O) groups excluding carboxylic acids is 1. The number of methoxy groups -OCH3 is 1. The van der Waals surface area contributed by atoms with Crippen LogP contribution in [0.15, 0.2) is 18.3 Å². The lowest BCUT2D eigenvalue weighted by Gasteiger charge is -2.15. The molecule has 0 aliphatic rings. The van der Waals surface area contributed by atoms with E-state index in [-0.39, 0.29) is 0 Å². The molecule has 0 amide bonds. The van der Waals surface area contributed by atoms with Gasteiger partial charge < -0.3 is 9.84 Å². The highest BCUT2D eigenvalue weighted by molar-refractivity contribution is 5.75. The Hall–Kier alpha value is -1.49. The van der Waals surface area contributed by atoms with Gasteiger partial charge in [0.05, 0.1) is 13.3 Å². The number of aliphatic hydroxyl groups excluding tert-OH is 1. The number of hydrogen-bond donors (Lipinski definition) is 1. The van der Waals surface area contributed by atoms with Crippen LogP contribution in [0.2, 0.25) is 0 Å². The average Bonchev–Trinajstić information content (AvgIpc) is 2.27. The number of nitrogens with zero attached hydrogens (tertiary/aromatic N) is 1. The highest BCUT2D eigenvalue weighted by Gasteiger charge is 2.25. The van der Waals surface area contributed by atoms with Gasteiger partial charge in [0.1, 0.15) is 5.82 Å². The molecule has 1 heterocycles. The zero-order valence-electron chi connectivity index (χ0n) is 8.48. The molecule has 0 saturated heterocycles. The lowest BCUT2D eigenvalue weighted by atomic mass is 10.0. The fourth-order valence-corrected chi connectivity index (χ4v) is 1.14. The van der Waals surface area contributed by atoms with Crippen molar-refractivity contribution in [2.45, 2.75) is 18.9 Å². The number of pyridine rings is 1. The van der Waals surface area contributed by atoms with E-state index >= 15 is 0 Å². The van der Waals surface area contributed by atoms with E-state index in [1.807, 2.05) is 0 Å². The normalized spacial score (nSPS) is 14.4. The summed E-state index contributed by atoms with van der Waals surface area (Å²) in [5.41, 5.74) is 0.439. The number of aliphatic hydroxyl groups is 1. The zero-order valence-corrected chi connectivity index (χ0v) is 8.48. The Bertz CT molecular complexity index is 339. The van der Waals surface area contributed by atoms with Crippen LogP contribution >= 0.6 is 0 Å². The van der Waals surface area contributed by atoms with Crippen LogP contribution < -0.4 is 0 Å². The minimum atomic E-state index is -1.28. The Morgan fingerprint density at radius 3 is 2.73 bits per heavy atom. The summed E-state index contributed by atoms with van der Waals surface area (Å²) in [5.74, 6) is -1.72. The molecule has 0 spiro atoms. The molecule has 0 saturated carbocycles. The quantitative estimate of drug-likeness (QED) is 0.756. The third kappa shape index (κ3) is 2.73. The number of aromatic nitrogens is 1. The molecular weight excluding hydrogens is 201 g/mol. The van der Waals surface area contributed by atoms with Crippen LogP contribution in [0.3, 0.4) is 0 Å². The standard InChI is InChI=1S/C10H12FNO3/c1-6(9(13)10(14)15-2)8-4-3-7(11)5-12-8/h3-6,9,13H,1-2H3. The molecule has 0 aliphatic heterocycles. The predicted octanol–water partition coefficient (Wildman–Crippen LogP) is 0.858. The van der Waals surface area contributed by atoms with Crippen LogP contribution in [0, 0.1) is 5.82 Å². The number of rotatable bonds is 3. The number of ether oxygens (including phenoxy) is 1. The van der Waals surface area contributed by atoms with E-state index in [0.717, 1.165) is 6.20 Å². The van der Waals surface area contributed by atoms with Crippen LogP contribution in [-0.4, -0.2) is 29.3 Å². The summed E-state index contributed by atoms with van der Waals surface area (Å²) in [7, 11) is 1.19. The van der Waals surface area contributed by atoms with E-state index in [1.54, 1.807) is 6.92 Å². The first-order valence-electron chi connectivity index (χ1n) is 4.43. The predicted molar refractivity (Wildman–Crippen MR) is 50.6 cm³/mol. The number of halogens is 1. The van der Waals surface area contributed by atoms with Gasteiger partial charge in [-0.15, -0.1) is 0 Å². The van der Waals surface area contributed by atoms with Gasteiger partial charge in [-0.2, -0.15) is 0 Å². The Morgan fingerprint density at radius 1 is 1.60 bits per heavy atom. The van der Waals surface area contributed by atoms with Crippen molar-refractivity contribution in [2.24, 2.45) is 0 Å². The van der Waals surface area contributed by atoms with Gasteiger partial charge in [-0.1, -0.05) is 6.92 Å². The van der Waals surface area contributed by atoms with Crippen molar-refractivity contribution < 1.29 is 19.0 Å². The van der Waals surface area contributed by atoms with Crippen molar-refractivity contribution in [1.82, 2.24) is 4.98 Å². The Kier molecular flexibility index (Phi) is 3.74. The van der Waals surface area contributed by atoms with Crippen molar-refractivity contribution in [2.75, 3.05) is 7.11 Å². The van der Waals surface area contributed by atoms with Crippen molar-refractivity contribution in [3.05, 3.63) is 29.8 Å². The van der Waals surface area contributed by atoms with Crippen LogP contribution in [-0.2, 0) is 9.53 Å². The van der Waals surface area contributed by atoms with Crippen LogP contribution in [0.1, 0.15) is 18.5 Å². The van der Waals surface area contributed by atoms with Crippen molar-refractivity contribution in [3.63, 3.8) is 0 Å². The highest BCUT2D eigenvalue weighted by atomic mass is 19.1. The van der Waals surface area contributed by atoms with E-state index in [4.69, 9.17) is 0 Å². The molecule has 1 aromatic rings. The molecule has 1 aromatic heterocycles. The molecule has 0 aliphatic carbocycles. The summed E-state index contributed by atoms with van der Waals surface area (Å²) in [6.45, 7) is 1.61. The van der Waals surface area contributed by atoms with E-state index in [0.29, 0.717) is 5.69 Å². The Balaban J connectivity index is 2.80. The van der Waals surface area contributed by atoms with E-state index in [9.17, 15) is 14.3 Å². The smallest absolute Gasteiger partial charge is 0.335 e. The second-order valence-corrected chi connectivity index (χ2v) is 3.16. The number of hydrogen-bond acceptors (Lipinski definition) is 4. The number of esters is 1. The molecule has 0 radical (unpaired) electrons. The summed E-state index contributed by atoms with van der Waals surface area (Å²) in [5, 5.41) is 9.50. The fourth-order valence-electron chi connectivity index (χ4n) is 1.14. The SMILES string of the molecule is COC(=O)C(O)C(C)c1ccc(F)cn1. The van der Waals surface area contributed by atoms with Crippen molar-refractivity contribution in [1.29, 1.82) is 0 Å². The summed E-state index contributed by atoms with van der Waals surface area (Å²) >= 11 is 0. The minimum Gasteiger partial charge on any atom is -0.467 e. The van der Waals surface area contributed by atoms with Gasteiger partial charge in [-0.3, -0.25) is 4.98 Å². The first-order valence-corrected chi connectivity index (χ1v) is 4.43. The molecule has 0 bridgehead atoms. The van der Waals surface area contributed by atoms with Crippen LogP contribution in [0.5, 0.6) is 0 Å². The Morgan fingerprint density at radius 2 is 2.27 bits per heavy atom. The lowest BCUT2D eigenvalue weighted by molar-refractivity contribution is -0.151. The summed E-state index contributed by atoms with van der Waals surface area (Å²) < 4.78 is 16.9. The lowest BCUT2D eigenvalue weighted by Crippen LogP contribution is -2.28. The maximum atomic E-state index is 12.6. The van der Waals surface area contributed by atoms with Gasteiger partial charge in [0.25, 0.3) is 0 Å². The molecule has 5 heteroatoms. The zero-order chi connectivity index (χ0) is 11.4. The first-order chi connectivity index (χ1) is 7.06. The largest absolute Gasteiger partial charge is 0.467 e. The van der Waals surface area contributed by atoms with Gasteiger partial charge in [-0.05, 0) is 12.1 Å². The molecule has 1 N–H and O–H groups in total. The minimum absolute atomic E-state index is 0.439. The number of carbonyl (C=O) groups is 1. The molecule has 1 rings (SSSR count). The van der Waals surface area contributed by atoms with E-state index in [2.05, 4.69) is 9.72 Å². The molecule has 0 aromatic carbocycles. The second-order valence-electron chi connectivity index (χ2n) is 3.16. The molecule has 4 nitrogen and oxygen atoms in total. The molecule has 15 heavy (non-hydrogen) atoms. The van der Waals surface area contributed by atoms with Gasteiger partial charge in [0, 0.05) is 11.6 Å². The highest BCUT2D eigenvalue weighted by Crippen LogP contribution is 2.17. The van der Waals surface area contributed by atoms with Gasteiger partial charge in [-0.25, -0.2) is 9.18 Å². The van der Waals surface area contributed by atoms with Crippen LogP contribution in [0.25, 0.3) is 0 Å². The third-order valence-corrected chi connectivity index (χ3v) is 2.13. The molecule has 82 valence electrons. The van der Waals surface area contributed by atoms with Crippen molar-refractivity contribution in [3.8, 4) is 0 Å². The maximum absolute atomic E-state index is 12.6.